The first-order chi connectivity index (χ1) is 5.45. The molecule has 0 radical (unpaired) electrons. The molecule has 2 N–H and O–H groups in total. The second-order valence-electron chi connectivity index (χ2n) is 2.28. The summed E-state index contributed by atoms with van der Waals surface area (Å²) in [5.41, 5.74) is 0. The molecule has 0 fully saturated rings. The van der Waals surface area contributed by atoms with Crippen molar-refractivity contribution in [3.63, 3.8) is 0 Å². The Kier molecular flexibility index (Phi) is 4.87. The molecule has 5 nitrogen and oxygen atoms in total. The maximum atomic E-state index is 10.3. The fourth-order valence-electron chi connectivity index (χ4n) is 0.608. The molecule has 0 heterocycles. The molecule has 0 aromatic carbocycles. The third-order valence-corrected chi connectivity index (χ3v) is 1.92. The minimum atomic E-state index is -3.97. The van der Waals surface area contributed by atoms with Gasteiger partial charge in [-0.1, -0.05) is 0 Å². The smallest absolute Gasteiger partial charge is 0.267 e. The molecule has 12 heavy (non-hydrogen) atoms. The van der Waals surface area contributed by atoms with Crippen molar-refractivity contribution in [1.29, 1.82) is 0 Å². The molecule has 0 bridgehead atoms. The quantitative estimate of drug-likeness (QED) is 0.489. The van der Waals surface area contributed by atoms with Crippen LogP contribution in [0.15, 0.2) is 12.3 Å². The molecule has 1 atom stereocenters. The maximum absolute atomic E-state index is 10.3. The van der Waals surface area contributed by atoms with E-state index in [-0.39, 0.29) is 6.61 Å². The number of aliphatic hydroxyl groups excluding tert-OH is 1. The average molecular weight is 196 g/mol. The number of ether oxygens (including phenoxy) is 1. The van der Waals surface area contributed by atoms with Gasteiger partial charge in [0.1, 0.15) is 5.75 Å². The zero-order chi connectivity index (χ0) is 9.61. The van der Waals surface area contributed by atoms with Gasteiger partial charge in [-0.3, -0.25) is 4.55 Å². The van der Waals surface area contributed by atoms with Crippen LogP contribution in [0, 0.1) is 0 Å². The van der Waals surface area contributed by atoms with E-state index in [1.54, 1.807) is 0 Å². The first-order valence-electron chi connectivity index (χ1n) is 3.31. The highest BCUT2D eigenvalue weighted by molar-refractivity contribution is 7.85. The highest BCUT2D eigenvalue weighted by Crippen LogP contribution is 1.95. The Bertz CT molecular complexity index is 230. The molecule has 6 heteroatoms. The second-order valence-corrected chi connectivity index (χ2v) is 3.77. The minimum absolute atomic E-state index is 0.118. The van der Waals surface area contributed by atoms with Crippen molar-refractivity contribution in [2.24, 2.45) is 0 Å². The van der Waals surface area contributed by atoms with Crippen molar-refractivity contribution >= 4 is 10.1 Å². The van der Waals surface area contributed by atoms with Gasteiger partial charge in [0.15, 0.2) is 0 Å². The molecule has 0 aromatic heterocycles. The lowest BCUT2D eigenvalue weighted by molar-refractivity contribution is 0.102. The van der Waals surface area contributed by atoms with Gasteiger partial charge < -0.3 is 9.84 Å². The van der Waals surface area contributed by atoms with Gasteiger partial charge in [0.05, 0.1) is 19.0 Å². The van der Waals surface area contributed by atoms with Crippen LogP contribution in [0.2, 0.25) is 0 Å². The van der Waals surface area contributed by atoms with Crippen molar-refractivity contribution < 1.29 is 22.8 Å². The van der Waals surface area contributed by atoms with E-state index in [1.807, 2.05) is 0 Å². The Morgan fingerprint density at radius 2 is 2.17 bits per heavy atom. The van der Waals surface area contributed by atoms with Gasteiger partial charge in [-0.25, -0.2) is 0 Å². The first-order valence-corrected chi connectivity index (χ1v) is 4.92. The van der Waals surface area contributed by atoms with Crippen molar-refractivity contribution in [3.05, 3.63) is 12.3 Å². The van der Waals surface area contributed by atoms with Crippen LogP contribution < -0.4 is 0 Å². The standard InChI is InChI=1S/C6H12O5S/c1-6(5-12(8,9)10)11-4-2-3-7/h2-3,6-7H,4-5H2,1H3,(H,8,9,10). The number of rotatable bonds is 5. The van der Waals surface area contributed by atoms with Crippen LogP contribution >= 0.6 is 0 Å². The Morgan fingerprint density at radius 3 is 2.58 bits per heavy atom. The molecule has 0 aliphatic heterocycles. The van der Waals surface area contributed by atoms with E-state index in [0.717, 1.165) is 6.26 Å². The minimum Gasteiger partial charge on any atom is -0.516 e. The van der Waals surface area contributed by atoms with E-state index >= 15 is 0 Å². The Hall–Kier alpha value is -0.590. The van der Waals surface area contributed by atoms with Gasteiger partial charge in [-0.15, -0.1) is 0 Å². The third-order valence-electron chi connectivity index (χ3n) is 1.03. The van der Waals surface area contributed by atoms with Gasteiger partial charge in [-0.05, 0) is 13.0 Å². The van der Waals surface area contributed by atoms with Gasteiger partial charge in [0.25, 0.3) is 10.1 Å². The fraction of sp³-hybridized carbons (Fsp3) is 0.667. The largest absolute Gasteiger partial charge is 0.516 e. The summed E-state index contributed by atoms with van der Waals surface area (Å²) in [4.78, 5) is 0. The van der Waals surface area contributed by atoms with Gasteiger partial charge in [0.2, 0.25) is 0 Å². The Morgan fingerprint density at radius 1 is 1.58 bits per heavy atom. The highest BCUT2D eigenvalue weighted by Gasteiger charge is 2.11. The summed E-state index contributed by atoms with van der Waals surface area (Å²) in [7, 11) is -3.97. The highest BCUT2D eigenvalue weighted by atomic mass is 32.2. The van der Waals surface area contributed by atoms with Crippen molar-refractivity contribution in [1.82, 2.24) is 0 Å². The molecular weight excluding hydrogens is 184 g/mol. The van der Waals surface area contributed by atoms with E-state index in [4.69, 9.17) is 14.4 Å². The van der Waals surface area contributed by atoms with E-state index in [2.05, 4.69) is 0 Å². The fourth-order valence-corrected chi connectivity index (χ4v) is 1.30. The molecule has 0 rings (SSSR count). The van der Waals surface area contributed by atoms with E-state index in [9.17, 15) is 8.42 Å². The summed E-state index contributed by atoms with van der Waals surface area (Å²) in [5, 5.41) is 8.18. The molecule has 0 aromatic rings. The van der Waals surface area contributed by atoms with Crippen LogP contribution in [0.1, 0.15) is 6.92 Å². The van der Waals surface area contributed by atoms with Crippen LogP contribution in [0.3, 0.4) is 0 Å². The Balaban J connectivity index is 3.68. The normalized spacial score (nSPS) is 15.2. The zero-order valence-electron chi connectivity index (χ0n) is 6.67. The maximum Gasteiger partial charge on any atom is 0.267 e. The Labute approximate surface area is 71.4 Å². The van der Waals surface area contributed by atoms with E-state index in [1.165, 1.54) is 13.0 Å². The van der Waals surface area contributed by atoms with Crippen LogP contribution in [0.4, 0.5) is 0 Å². The monoisotopic (exact) mass is 196 g/mol. The van der Waals surface area contributed by atoms with Crippen molar-refractivity contribution in [2.45, 2.75) is 13.0 Å². The van der Waals surface area contributed by atoms with Crippen molar-refractivity contribution in [2.75, 3.05) is 12.4 Å². The number of hydrogen-bond donors (Lipinski definition) is 2. The third kappa shape index (κ3) is 7.52. The molecule has 0 aliphatic carbocycles. The molecule has 1 unspecified atom stereocenters. The van der Waals surface area contributed by atoms with Gasteiger partial charge >= 0.3 is 0 Å². The lowest BCUT2D eigenvalue weighted by atomic mass is 10.5. The second kappa shape index (κ2) is 5.13. The first kappa shape index (κ1) is 11.4. The lowest BCUT2D eigenvalue weighted by Gasteiger charge is -2.08. The molecule has 0 saturated carbocycles. The van der Waals surface area contributed by atoms with Crippen LogP contribution in [-0.2, 0) is 14.9 Å². The van der Waals surface area contributed by atoms with Gasteiger partial charge in [0, 0.05) is 0 Å². The molecule has 0 saturated heterocycles. The summed E-state index contributed by atoms with van der Waals surface area (Å²) >= 11 is 0. The molecule has 0 amide bonds. The van der Waals surface area contributed by atoms with E-state index in [0.29, 0.717) is 0 Å². The van der Waals surface area contributed by atoms with Gasteiger partial charge in [-0.2, -0.15) is 8.42 Å². The van der Waals surface area contributed by atoms with Crippen LogP contribution in [-0.4, -0.2) is 36.5 Å². The zero-order valence-corrected chi connectivity index (χ0v) is 7.49. The average Bonchev–Trinajstić information content (AvgIpc) is 1.84. The van der Waals surface area contributed by atoms with Crippen molar-refractivity contribution in [3.8, 4) is 0 Å². The van der Waals surface area contributed by atoms with Crippen LogP contribution in [0.25, 0.3) is 0 Å². The van der Waals surface area contributed by atoms with E-state index < -0.39 is 22.0 Å². The topological polar surface area (TPSA) is 83.8 Å². The SMILES string of the molecule is CC(CS(=O)(=O)O)OCC=CO. The molecule has 0 aliphatic rings. The lowest BCUT2D eigenvalue weighted by Crippen LogP contribution is -2.20. The molecule has 72 valence electrons. The molecular formula is C6H12O5S. The predicted octanol–water partition coefficient (Wildman–Crippen LogP) is 0.351. The van der Waals surface area contributed by atoms with Crippen LogP contribution in [0.5, 0.6) is 0 Å². The summed E-state index contributed by atoms with van der Waals surface area (Å²) in [6.45, 7) is 1.63. The summed E-state index contributed by atoms with van der Waals surface area (Å²) in [5.74, 6) is -0.438. The summed E-state index contributed by atoms with van der Waals surface area (Å²) in [6, 6.07) is 0. The predicted molar refractivity (Wildman–Crippen MR) is 43.6 cm³/mol. The number of hydrogen-bond acceptors (Lipinski definition) is 4. The summed E-state index contributed by atoms with van der Waals surface area (Å²) < 4.78 is 33.8. The summed E-state index contributed by atoms with van der Waals surface area (Å²) in [6.07, 6.45) is 1.54. The number of aliphatic hydroxyl groups is 1. The molecule has 0 spiro atoms.